The number of rotatable bonds is 10. The molecule has 0 aliphatic heterocycles. The van der Waals surface area contributed by atoms with Crippen LogP contribution in [0.15, 0.2) is 71.1 Å². The summed E-state index contributed by atoms with van der Waals surface area (Å²) in [5.41, 5.74) is 1.08. The highest BCUT2D eigenvalue weighted by Crippen LogP contribution is 2.49. The van der Waals surface area contributed by atoms with Crippen molar-refractivity contribution in [2.75, 3.05) is 23.8 Å². The zero-order valence-corrected chi connectivity index (χ0v) is 23.3. The van der Waals surface area contributed by atoms with Gasteiger partial charge in [0.1, 0.15) is 28.0 Å². The summed E-state index contributed by atoms with van der Waals surface area (Å²) < 4.78 is 68.4. The number of benzene rings is 3. The van der Waals surface area contributed by atoms with Crippen molar-refractivity contribution >= 4 is 43.8 Å². The van der Waals surface area contributed by atoms with Crippen LogP contribution in [0.5, 0.6) is 11.5 Å². The second-order valence-corrected chi connectivity index (χ2v) is 12.1. The molecule has 3 aromatic carbocycles. The van der Waals surface area contributed by atoms with Crippen LogP contribution in [-0.2, 0) is 22.1 Å². The molecule has 0 saturated heterocycles. The molecule has 1 aliphatic rings. The lowest BCUT2D eigenvalue weighted by Gasteiger charge is -2.24. The Bertz CT molecular complexity index is 1600. The van der Waals surface area contributed by atoms with Crippen molar-refractivity contribution in [3.63, 3.8) is 0 Å². The summed E-state index contributed by atoms with van der Waals surface area (Å²) >= 11 is 7.60. The lowest BCUT2D eigenvalue weighted by molar-refractivity contribution is 0.391. The number of aromatic nitrogens is 1. The first-order chi connectivity index (χ1) is 18.7. The van der Waals surface area contributed by atoms with Crippen molar-refractivity contribution < 1.29 is 26.7 Å². The van der Waals surface area contributed by atoms with E-state index < -0.39 is 26.3 Å². The van der Waals surface area contributed by atoms with Gasteiger partial charge in [0.05, 0.1) is 37.0 Å². The van der Waals surface area contributed by atoms with Gasteiger partial charge in [-0.25, -0.2) is 26.5 Å². The Labute approximate surface area is 234 Å². The number of methoxy groups -OCH3 is 2. The van der Waals surface area contributed by atoms with Crippen LogP contribution in [-0.4, -0.2) is 27.6 Å². The molecule has 7 nitrogen and oxygen atoms in total. The van der Waals surface area contributed by atoms with Gasteiger partial charge in [-0.2, -0.15) is 0 Å². The highest BCUT2D eigenvalue weighted by Gasteiger charge is 2.45. The van der Waals surface area contributed by atoms with Crippen molar-refractivity contribution in [1.29, 1.82) is 0 Å². The fourth-order valence-electron chi connectivity index (χ4n) is 4.31. The number of nitrogens with zero attached hydrogens (tertiary/aromatic N) is 2. The standard InChI is InChI=1S/C27H24ClF2N3O4S2/c1-36-20-8-3-17(24(13-20)37-2)16-33(26-31-11-12-38-26)39(34,35)25-14-21(28)23(15-22(25)30)32-27(9-10-27)18-4-6-19(29)7-5-18/h3-8,11-15,32H,9-10,16H2,1-2H3. The first-order valence-electron chi connectivity index (χ1n) is 11.8. The van der Waals surface area contributed by atoms with Crippen molar-refractivity contribution in [3.8, 4) is 11.5 Å². The summed E-state index contributed by atoms with van der Waals surface area (Å²) in [4.78, 5) is 3.57. The fraction of sp³-hybridized carbons (Fsp3) is 0.222. The van der Waals surface area contributed by atoms with E-state index in [1.807, 2.05) is 0 Å². The fourth-order valence-corrected chi connectivity index (χ4v) is 6.93. The smallest absolute Gasteiger partial charge is 0.269 e. The minimum Gasteiger partial charge on any atom is -0.497 e. The number of halogens is 3. The summed E-state index contributed by atoms with van der Waals surface area (Å²) in [5.74, 6) is -0.390. The van der Waals surface area contributed by atoms with Gasteiger partial charge in [-0.3, -0.25) is 0 Å². The quantitative estimate of drug-likeness (QED) is 0.224. The molecule has 1 aliphatic carbocycles. The van der Waals surface area contributed by atoms with E-state index in [-0.39, 0.29) is 28.2 Å². The van der Waals surface area contributed by atoms with Gasteiger partial charge in [0.15, 0.2) is 5.13 Å². The molecule has 1 saturated carbocycles. The van der Waals surface area contributed by atoms with Crippen LogP contribution >= 0.6 is 22.9 Å². The van der Waals surface area contributed by atoms with Crippen LogP contribution in [0.2, 0.25) is 5.02 Å². The number of hydrogen-bond donors (Lipinski definition) is 1. The van der Waals surface area contributed by atoms with Gasteiger partial charge in [-0.05, 0) is 54.8 Å². The molecule has 1 aromatic heterocycles. The molecule has 0 spiro atoms. The second kappa shape index (κ2) is 10.6. The number of thiazole rings is 1. The van der Waals surface area contributed by atoms with Gasteiger partial charge in [-0.1, -0.05) is 23.7 Å². The van der Waals surface area contributed by atoms with Crippen LogP contribution in [0.1, 0.15) is 24.0 Å². The van der Waals surface area contributed by atoms with Crippen LogP contribution in [0.25, 0.3) is 0 Å². The summed E-state index contributed by atoms with van der Waals surface area (Å²) in [6.45, 7) is -0.173. The zero-order valence-electron chi connectivity index (χ0n) is 20.9. The third-order valence-electron chi connectivity index (χ3n) is 6.55. The van der Waals surface area contributed by atoms with E-state index >= 15 is 4.39 Å². The number of ether oxygens (including phenoxy) is 2. The highest BCUT2D eigenvalue weighted by molar-refractivity contribution is 7.93. The third-order valence-corrected chi connectivity index (χ3v) is 9.52. The molecular formula is C27H24ClF2N3O4S2. The van der Waals surface area contributed by atoms with Gasteiger partial charge >= 0.3 is 0 Å². The number of anilines is 2. The Balaban J connectivity index is 1.49. The number of sulfonamides is 1. The molecule has 204 valence electrons. The Morgan fingerprint density at radius 3 is 2.44 bits per heavy atom. The monoisotopic (exact) mass is 591 g/mol. The van der Waals surface area contributed by atoms with Gasteiger partial charge in [0.2, 0.25) is 0 Å². The Hall–Kier alpha value is -3.41. The third kappa shape index (κ3) is 5.39. The molecule has 0 amide bonds. The molecule has 0 unspecified atom stereocenters. The predicted molar refractivity (Wildman–Crippen MR) is 147 cm³/mol. The first kappa shape index (κ1) is 27.2. The molecule has 1 heterocycles. The predicted octanol–water partition coefficient (Wildman–Crippen LogP) is 6.59. The van der Waals surface area contributed by atoms with Crippen molar-refractivity contribution in [2.45, 2.75) is 29.8 Å². The lowest BCUT2D eigenvalue weighted by atomic mass is 10.0. The van der Waals surface area contributed by atoms with Gasteiger partial charge in [-0.15, -0.1) is 11.3 Å². The van der Waals surface area contributed by atoms with Gasteiger partial charge < -0.3 is 14.8 Å². The number of nitrogens with one attached hydrogen (secondary N) is 1. The second-order valence-electron chi connectivity index (χ2n) is 8.98. The summed E-state index contributed by atoms with van der Waals surface area (Å²) in [6.07, 6.45) is 2.94. The van der Waals surface area contributed by atoms with Crippen LogP contribution in [0.4, 0.5) is 19.6 Å². The maximum Gasteiger partial charge on any atom is 0.269 e. The molecule has 0 atom stereocenters. The van der Waals surface area contributed by atoms with E-state index in [4.69, 9.17) is 21.1 Å². The minimum atomic E-state index is -4.45. The van der Waals surface area contributed by atoms with Gasteiger partial charge in [0.25, 0.3) is 10.0 Å². The topological polar surface area (TPSA) is 80.8 Å². The maximum atomic E-state index is 15.5. The molecule has 0 bridgehead atoms. The van der Waals surface area contributed by atoms with E-state index in [1.54, 1.807) is 35.7 Å². The summed E-state index contributed by atoms with van der Waals surface area (Å²) in [5, 5.41) is 5.05. The van der Waals surface area contributed by atoms with E-state index in [1.165, 1.54) is 32.5 Å². The molecule has 5 rings (SSSR count). The Morgan fingerprint density at radius 1 is 1.08 bits per heavy atom. The largest absolute Gasteiger partial charge is 0.497 e. The molecule has 0 radical (unpaired) electrons. The summed E-state index contributed by atoms with van der Waals surface area (Å²) in [6, 6.07) is 13.2. The van der Waals surface area contributed by atoms with Crippen LogP contribution in [0, 0.1) is 11.6 Å². The Morgan fingerprint density at radius 2 is 1.82 bits per heavy atom. The average Bonchev–Trinajstić information content (AvgIpc) is 3.50. The van der Waals surface area contributed by atoms with Crippen molar-refractivity contribution in [2.24, 2.45) is 0 Å². The molecular weight excluding hydrogens is 568 g/mol. The molecule has 1 fully saturated rings. The van der Waals surface area contributed by atoms with E-state index in [2.05, 4.69) is 10.3 Å². The molecule has 1 N–H and O–H groups in total. The van der Waals surface area contributed by atoms with Crippen LogP contribution < -0.4 is 19.1 Å². The van der Waals surface area contributed by atoms with Crippen LogP contribution in [0.3, 0.4) is 0 Å². The normalized spacial score (nSPS) is 14.1. The molecule has 4 aromatic rings. The number of hydrogen-bond acceptors (Lipinski definition) is 7. The summed E-state index contributed by atoms with van der Waals surface area (Å²) in [7, 11) is -1.48. The minimum absolute atomic E-state index is 0.0319. The maximum absolute atomic E-state index is 15.5. The molecule has 12 heteroatoms. The Kier molecular flexibility index (Phi) is 7.41. The average molecular weight is 592 g/mol. The van der Waals surface area contributed by atoms with E-state index in [0.29, 0.717) is 17.1 Å². The van der Waals surface area contributed by atoms with E-state index in [9.17, 15) is 12.8 Å². The van der Waals surface area contributed by atoms with Crippen molar-refractivity contribution in [1.82, 2.24) is 4.98 Å². The first-order valence-corrected chi connectivity index (χ1v) is 14.5. The van der Waals surface area contributed by atoms with E-state index in [0.717, 1.165) is 46.2 Å². The lowest BCUT2D eigenvalue weighted by Crippen LogP contribution is -2.31. The van der Waals surface area contributed by atoms with Gasteiger partial charge in [0, 0.05) is 23.2 Å². The SMILES string of the molecule is COc1ccc(CN(c2nccs2)S(=O)(=O)c2cc(Cl)c(NC3(c4ccc(F)cc4)CC3)cc2F)c(OC)c1. The van der Waals surface area contributed by atoms with Crippen molar-refractivity contribution in [3.05, 3.63) is 94.0 Å². The zero-order chi connectivity index (χ0) is 27.8. The highest BCUT2D eigenvalue weighted by atomic mass is 35.5. The molecule has 39 heavy (non-hydrogen) atoms.